The monoisotopic (exact) mass is 354 g/mol. The zero-order chi connectivity index (χ0) is 18.9. The molecule has 2 atom stereocenters. The second-order valence-electron chi connectivity index (χ2n) is 7.34. The van der Waals surface area contributed by atoms with Crippen LogP contribution in [0.25, 0.3) is 0 Å². The van der Waals surface area contributed by atoms with E-state index >= 15 is 0 Å². The fraction of sp³-hybridized carbons (Fsp3) is 0.842. The SMILES string of the molecule is CCCN(CCC)C(=O)CCCC(=O)NC1(C)CCCCC1C(=O)O. The minimum atomic E-state index is -0.840. The summed E-state index contributed by atoms with van der Waals surface area (Å²) >= 11 is 0. The third kappa shape index (κ3) is 6.67. The Balaban J connectivity index is 2.45. The van der Waals surface area contributed by atoms with E-state index in [1.165, 1.54) is 0 Å². The molecule has 0 saturated heterocycles. The van der Waals surface area contributed by atoms with Crippen LogP contribution in [0.2, 0.25) is 0 Å². The number of hydrogen-bond donors (Lipinski definition) is 2. The highest BCUT2D eigenvalue weighted by atomic mass is 16.4. The highest BCUT2D eigenvalue weighted by molar-refractivity contribution is 5.80. The molecule has 0 aromatic heterocycles. The third-order valence-electron chi connectivity index (χ3n) is 5.07. The molecule has 2 unspecified atom stereocenters. The number of carbonyl (C=O) groups excluding carboxylic acids is 2. The molecule has 2 N–H and O–H groups in total. The molecule has 1 aliphatic carbocycles. The van der Waals surface area contributed by atoms with Crippen LogP contribution in [0.3, 0.4) is 0 Å². The van der Waals surface area contributed by atoms with Crippen molar-refractivity contribution in [3.8, 4) is 0 Å². The number of amides is 2. The van der Waals surface area contributed by atoms with Gasteiger partial charge < -0.3 is 15.3 Å². The van der Waals surface area contributed by atoms with Gasteiger partial charge in [0.2, 0.25) is 11.8 Å². The summed E-state index contributed by atoms with van der Waals surface area (Å²) in [4.78, 5) is 37.8. The van der Waals surface area contributed by atoms with Crippen molar-refractivity contribution in [1.29, 1.82) is 0 Å². The second-order valence-corrected chi connectivity index (χ2v) is 7.34. The van der Waals surface area contributed by atoms with Crippen molar-refractivity contribution >= 4 is 17.8 Å². The first kappa shape index (κ1) is 21.5. The molecule has 0 aromatic rings. The van der Waals surface area contributed by atoms with Gasteiger partial charge in [0.15, 0.2) is 0 Å². The molecule has 1 rings (SSSR count). The van der Waals surface area contributed by atoms with Gasteiger partial charge in [0.1, 0.15) is 0 Å². The average molecular weight is 354 g/mol. The molecule has 144 valence electrons. The molecular weight excluding hydrogens is 320 g/mol. The van der Waals surface area contributed by atoms with Crippen LogP contribution in [0.5, 0.6) is 0 Å². The highest BCUT2D eigenvalue weighted by Gasteiger charge is 2.41. The molecule has 2 amide bonds. The van der Waals surface area contributed by atoms with Gasteiger partial charge in [-0.2, -0.15) is 0 Å². The topological polar surface area (TPSA) is 86.7 Å². The Morgan fingerprint density at radius 1 is 1.12 bits per heavy atom. The maximum absolute atomic E-state index is 12.3. The van der Waals surface area contributed by atoms with Gasteiger partial charge in [0, 0.05) is 25.9 Å². The van der Waals surface area contributed by atoms with Crippen molar-refractivity contribution < 1.29 is 19.5 Å². The van der Waals surface area contributed by atoms with E-state index in [0.717, 1.165) is 38.8 Å². The summed E-state index contributed by atoms with van der Waals surface area (Å²) in [5.41, 5.74) is -0.679. The summed E-state index contributed by atoms with van der Waals surface area (Å²) in [6.45, 7) is 7.45. The number of aliphatic carboxylic acids is 1. The van der Waals surface area contributed by atoms with E-state index in [1.807, 2.05) is 25.7 Å². The van der Waals surface area contributed by atoms with Crippen molar-refractivity contribution in [3.63, 3.8) is 0 Å². The molecule has 25 heavy (non-hydrogen) atoms. The van der Waals surface area contributed by atoms with Gasteiger partial charge >= 0.3 is 5.97 Å². The quantitative estimate of drug-likeness (QED) is 0.631. The standard InChI is InChI=1S/C19H34N2O4/c1-4-13-21(14-5-2)17(23)11-8-10-16(22)20-19(3)12-7-6-9-15(19)18(24)25/h15H,4-14H2,1-3H3,(H,20,22)(H,24,25). The maximum atomic E-state index is 12.3. The van der Waals surface area contributed by atoms with E-state index in [1.54, 1.807) is 0 Å². The number of carboxylic acids is 1. The minimum absolute atomic E-state index is 0.101. The van der Waals surface area contributed by atoms with Crippen LogP contribution in [-0.4, -0.2) is 46.4 Å². The largest absolute Gasteiger partial charge is 0.481 e. The maximum Gasteiger partial charge on any atom is 0.308 e. The summed E-state index contributed by atoms with van der Waals surface area (Å²) < 4.78 is 0. The second kappa shape index (κ2) is 10.4. The lowest BCUT2D eigenvalue weighted by atomic mass is 9.74. The van der Waals surface area contributed by atoms with Crippen molar-refractivity contribution in [2.75, 3.05) is 13.1 Å². The number of carbonyl (C=O) groups is 3. The lowest BCUT2D eigenvalue weighted by Gasteiger charge is -2.39. The van der Waals surface area contributed by atoms with Gasteiger partial charge in [-0.25, -0.2) is 0 Å². The number of nitrogens with zero attached hydrogens (tertiary/aromatic N) is 1. The van der Waals surface area contributed by atoms with Crippen LogP contribution in [0, 0.1) is 5.92 Å². The van der Waals surface area contributed by atoms with Gasteiger partial charge in [-0.05, 0) is 39.0 Å². The molecule has 0 bridgehead atoms. The molecule has 0 radical (unpaired) electrons. The zero-order valence-electron chi connectivity index (χ0n) is 16.0. The average Bonchev–Trinajstić information content (AvgIpc) is 2.54. The van der Waals surface area contributed by atoms with Gasteiger partial charge in [-0.1, -0.05) is 26.7 Å². The molecule has 0 aliphatic heterocycles. The van der Waals surface area contributed by atoms with E-state index in [0.29, 0.717) is 25.7 Å². The lowest BCUT2D eigenvalue weighted by molar-refractivity contribution is -0.146. The van der Waals surface area contributed by atoms with Crippen LogP contribution in [0.1, 0.15) is 78.6 Å². The van der Waals surface area contributed by atoms with Crippen molar-refractivity contribution in [2.24, 2.45) is 5.92 Å². The van der Waals surface area contributed by atoms with Crippen molar-refractivity contribution in [3.05, 3.63) is 0 Å². The Labute approximate surface area is 151 Å². The van der Waals surface area contributed by atoms with Crippen LogP contribution < -0.4 is 5.32 Å². The third-order valence-corrected chi connectivity index (χ3v) is 5.07. The normalized spacial score (nSPS) is 23.1. The Morgan fingerprint density at radius 3 is 2.32 bits per heavy atom. The molecule has 0 spiro atoms. The molecule has 0 aromatic carbocycles. The van der Waals surface area contributed by atoms with Gasteiger partial charge in [0.25, 0.3) is 0 Å². The summed E-state index contributed by atoms with van der Waals surface area (Å²) in [5.74, 6) is -1.42. The van der Waals surface area contributed by atoms with E-state index in [9.17, 15) is 19.5 Å². The molecule has 6 heteroatoms. The molecule has 0 heterocycles. The first-order valence-corrected chi connectivity index (χ1v) is 9.65. The predicted molar refractivity (Wildman–Crippen MR) is 97.2 cm³/mol. The Kier molecular flexibility index (Phi) is 8.93. The molecule has 1 fully saturated rings. The van der Waals surface area contributed by atoms with E-state index in [-0.39, 0.29) is 18.2 Å². The first-order chi connectivity index (χ1) is 11.8. The van der Waals surface area contributed by atoms with Crippen molar-refractivity contribution in [2.45, 2.75) is 84.1 Å². The number of carboxylic acid groups (broad SMARTS) is 1. The summed E-state index contributed by atoms with van der Waals surface area (Å²) in [6.07, 6.45) is 6.11. The lowest BCUT2D eigenvalue weighted by Crippen LogP contribution is -2.55. The van der Waals surface area contributed by atoms with E-state index in [4.69, 9.17) is 0 Å². The van der Waals surface area contributed by atoms with E-state index < -0.39 is 17.4 Å². The summed E-state index contributed by atoms with van der Waals surface area (Å²) in [6, 6.07) is 0. The number of nitrogens with one attached hydrogen (secondary N) is 1. The Hall–Kier alpha value is -1.59. The van der Waals surface area contributed by atoms with Gasteiger partial charge in [-0.3, -0.25) is 14.4 Å². The number of rotatable bonds is 10. The molecule has 1 aliphatic rings. The molecule has 6 nitrogen and oxygen atoms in total. The fourth-order valence-electron chi connectivity index (χ4n) is 3.72. The smallest absolute Gasteiger partial charge is 0.308 e. The van der Waals surface area contributed by atoms with Gasteiger partial charge in [-0.15, -0.1) is 0 Å². The predicted octanol–water partition coefficient (Wildman–Crippen LogP) is 2.96. The summed E-state index contributed by atoms with van der Waals surface area (Å²) in [5, 5.41) is 12.3. The molecule has 1 saturated carbocycles. The number of hydrogen-bond acceptors (Lipinski definition) is 3. The highest BCUT2D eigenvalue weighted by Crippen LogP contribution is 2.34. The zero-order valence-corrected chi connectivity index (χ0v) is 16.0. The fourth-order valence-corrected chi connectivity index (χ4v) is 3.72. The summed E-state index contributed by atoms with van der Waals surface area (Å²) in [7, 11) is 0. The van der Waals surface area contributed by atoms with Crippen LogP contribution in [0.4, 0.5) is 0 Å². The van der Waals surface area contributed by atoms with Crippen molar-refractivity contribution in [1.82, 2.24) is 10.2 Å². The minimum Gasteiger partial charge on any atom is -0.481 e. The Bertz CT molecular complexity index is 460. The van der Waals surface area contributed by atoms with E-state index in [2.05, 4.69) is 5.32 Å². The first-order valence-electron chi connectivity index (χ1n) is 9.65. The van der Waals surface area contributed by atoms with Crippen LogP contribution in [-0.2, 0) is 14.4 Å². The van der Waals surface area contributed by atoms with Crippen LogP contribution >= 0.6 is 0 Å². The molecular formula is C19H34N2O4. The van der Waals surface area contributed by atoms with Gasteiger partial charge in [0.05, 0.1) is 11.5 Å². The van der Waals surface area contributed by atoms with Crippen LogP contribution in [0.15, 0.2) is 0 Å². The Morgan fingerprint density at radius 2 is 1.76 bits per heavy atom.